The van der Waals surface area contributed by atoms with Gasteiger partial charge in [-0.15, -0.1) is 0 Å². The minimum Gasteiger partial charge on any atom is -0.0620 e. The van der Waals surface area contributed by atoms with E-state index in [1.807, 2.05) is 0 Å². The third kappa shape index (κ3) is 3.79. The molecule has 0 aromatic carbocycles. The maximum atomic E-state index is 2.47. The van der Waals surface area contributed by atoms with E-state index < -0.39 is 0 Å². The average Bonchev–Trinajstić information content (AvgIpc) is 2.13. The summed E-state index contributed by atoms with van der Waals surface area (Å²) < 4.78 is 0. The zero-order chi connectivity index (χ0) is 12.6. The van der Waals surface area contributed by atoms with Crippen LogP contribution in [0.1, 0.15) is 80.6 Å². The molecular formula is C16H32. The molecule has 1 fully saturated rings. The van der Waals surface area contributed by atoms with Crippen molar-refractivity contribution in [2.75, 3.05) is 0 Å². The van der Waals surface area contributed by atoms with Crippen LogP contribution in [0.2, 0.25) is 0 Å². The molecule has 0 nitrogen and oxygen atoms in total. The fraction of sp³-hybridized carbons (Fsp3) is 1.00. The van der Waals surface area contributed by atoms with E-state index in [9.17, 15) is 0 Å². The fourth-order valence-corrected chi connectivity index (χ4v) is 2.92. The molecule has 1 rings (SSSR count). The Morgan fingerprint density at radius 2 is 1.12 bits per heavy atom. The van der Waals surface area contributed by atoms with Crippen LogP contribution in [0, 0.1) is 22.2 Å². The van der Waals surface area contributed by atoms with Gasteiger partial charge in [-0.3, -0.25) is 0 Å². The van der Waals surface area contributed by atoms with Crippen molar-refractivity contribution in [3.05, 3.63) is 0 Å². The highest BCUT2D eigenvalue weighted by Crippen LogP contribution is 2.47. The van der Waals surface area contributed by atoms with Crippen molar-refractivity contribution in [2.24, 2.45) is 22.2 Å². The summed E-state index contributed by atoms with van der Waals surface area (Å²) in [7, 11) is 0. The van der Waals surface area contributed by atoms with Crippen LogP contribution in [0.25, 0.3) is 0 Å². The Hall–Kier alpha value is 0. The van der Waals surface area contributed by atoms with Crippen LogP contribution in [0.4, 0.5) is 0 Å². The number of hydrogen-bond acceptors (Lipinski definition) is 0. The first-order chi connectivity index (χ1) is 7.04. The standard InChI is InChI=1S/C16H32/c1-13-12-15(4,5)9-8-14(2,3)10-11-16(13,6)7/h13H,8-12H2,1-7H3. The molecule has 0 radical (unpaired) electrons. The van der Waals surface area contributed by atoms with Gasteiger partial charge in [0.05, 0.1) is 0 Å². The third-order valence-corrected chi connectivity index (χ3v) is 5.12. The molecule has 1 unspecified atom stereocenters. The fourth-order valence-electron chi connectivity index (χ4n) is 2.92. The Labute approximate surface area is 103 Å². The quantitative estimate of drug-likeness (QED) is 0.497. The van der Waals surface area contributed by atoms with Crippen molar-refractivity contribution in [1.29, 1.82) is 0 Å². The van der Waals surface area contributed by atoms with Gasteiger partial charge in [0.1, 0.15) is 0 Å². The molecule has 16 heavy (non-hydrogen) atoms. The second kappa shape index (κ2) is 4.35. The molecule has 0 aliphatic heterocycles. The van der Waals surface area contributed by atoms with Crippen molar-refractivity contribution in [1.82, 2.24) is 0 Å². The van der Waals surface area contributed by atoms with Crippen LogP contribution in [-0.4, -0.2) is 0 Å². The van der Waals surface area contributed by atoms with Crippen molar-refractivity contribution in [3.8, 4) is 0 Å². The van der Waals surface area contributed by atoms with Crippen molar-refractivity contribution < 1.29 is 0 Å². The summed E-state index contributed by atoms with van der Waals surface area (Å²) in [5, 5.41) is 0. The molecule has 1 saturated carbocycles. The Kier molecular flexibility index (Phi) is 3.82. The first kappa shape index (κ1) is 14.1. The zero-order valence-electron chi connectivity index (χ0n) is 12.6. The van der Waals surface area contributed by atoms with Crippen molar-refractivity contribution in [3.63, 3.8) is 0 Å². The lowest BCUT2D eigenvalue weighted by atomic mass is 9.69. The maximum Gasteiger partial charge on any atom is -0.0328 e. The number of rotatable bonds is 0. The highest BCUT2D eigenvalue weighted by Gasteiger charge is 2.35. The average molecular weight is 224 g/mol. The highest BCUT2D eigenvalue weighted by molar-refractivity contribution is 4.86. The second-order valence-corrected chi connectivity index (χ2v) is 8.42. The Bertz CT molecular complexity index is 232. The predicted octanol–water partition coefficient (Wildman–Crippen LogP) is 5.67. The van der Waals surface area contributed by atoms with E-state index in [2.05, 4.69) is 48.5 Å². The SMILES string of the molecule is CC1CC(C)(C)CCC(C)(C)CCC1(C)C. The molecule has 0 aromatic heterocycles. The summed E-state index contributed by atoms with van der Waals surface area (Å²) in [4.78, 5) is 0. The van der Waals surface area contributed by atoms with Gasteiger partial charge in [-0.1, -0.05) is 48.5 Å². The van der Waals surface area contributed by atoms with Crippen LogP contribution in [0.15, 0.2) is 0 Å². The zero-order valence-corrected chi connectivity index (χ0v) is 12.6. The lowest BCUT2D eigenvalue weighted by molar-refractivity contribution is 0.143. The Morgan fingerprint density at radius 1 is 0.688 bits per heavy atom. The molecule has 1 aliphatic carbocycles. The van der Waals surface area contributed by atoms with Gasteiger partial charge in [0.2, 0.25) is 0 Å². The Morgan fingerprint density at radius 3 is 1.69 bits per heavy atom. The molecular weight excluding hydrogens is 192 g/mol. The topological polar surface area (TPSA) is 0 Å². The summed E-state index contributed by atoms with van der Waals surface area (Å²) in [5.41, 5.74) is 1.58. The number of hydrogen-bond donors (Lipinski definition) is 0. The van der Waals surface area contributed by atoms with E-state index in [4.69, 9.17) is 0 Å². The lowest BCUT2D eigenvalue weighted by Gasteiger charge is -2.36. The van der Waals surface area contributed by atoms with Gasteiger partial charge in [0.15, 0.2) is 0 Å². The largest absolute Gasteiger partial charge is 0.0620 e. The first-order valence-electron chi connectivity index (χ1n) is 7.04. The van der Waals surface area contributed by atoms with Crippen molar-refractivity contribution in [2.45, 2.75) is 80.6 Å². The molecule has 0 saturated heterocycles. The molecule has 0 aromatic rings. The van der Waals surface area contributed by atoms with Gasteiger partial charge in [-0.05, 0) is 54.3 Å². The van der Waals surface area contributed by atoms with Gasteiger partial charge < -0.3 is 0 Å². The van der Waals surface area contributed by atoms with E-state index in [1.165, 1.54) is 32.1 Å². The van der Waals surface area contributed by atoms with Crippen molar-refractivity contribution >= 4 is 0 Å². The molecule has 1 aliphatic rings. The van der Waals surface area contributed by atoms with Gasteiger partial charge >= 0.3 is 0 Å². The highest BCUT2D eigenvalue weighted by atomic mass is 14.4. The molecule has 0 N–H and O–H groups in total. The molecule has 0 heterocycles. The second-order valence-electron chi connectivity index (χ2n) is 8.42. The summed E-state index contributed by atoms with van der Waals surface area (Å²) >= 11 is 0. The van der Waals surface area contributed by atoms with Gasteiger partial charge in [0.25, 0.3) is 0 Å². The van der Waals surface area contributed by atoms with E-state index in [1.54, 1.807) is 0 Å². The molecule has 0 amide bonds. The minimum atomic E-state index is 0.513. The van der Waals surface area contributed by atoms with Gasteiger partial charge in [-0.2, -0.15) is 0 Å². The van der Waals surface area contributed by atoms with E-state index in [0.717, 1.165) is 5.92 Å². The van der Waals surface area contributed by atoms with Crippen LogP contribution < -0.4 is 0 Å². The van der Waals surface area contributed by atoms with Gasteiger partial charge in [-0.25, -0.2) is 0 Å². The van der Waals surface area contributed by atoms with Crippen LogP contribution in [-0.2, 0) is 0 Å². The molecule has 0 spiro atoms. The third-order valence-electron chi connectivity index (χ3n) is 5.12. The van der Waals surface area contributed by atoms with Crippen LogP contribution >= 0.6 is 0 Å². The first-order valence-corrected chi connectivity index (χ1v) is 7.04. The monoisotopic (exact) mass is 224 g/mol. The summed E-state index contributed by atoms with van der Waals surface area (Å²) in [6.07, 6.45) is 6.94. The normalized spacial score (nSPS) is 33.6. The summed E-state index contributed by atoms with van der Waals surface area (Å²) in [5.74, 6) is 0.844. The molecule has 1 atom stereocenters. The van der Waals surface area contributed by atoms with E-state index in [0.29, 0.717) is 16.2 Å². The van der Waals surface area contributed by atoms with Crippen LogP contribution in [0.5, 0.6) is 0 Å². The summed E-state index contributed by atoms with van der Waals surface area (Å²) in [6, 6.07) is 0. The van der Waals surface area contributed by atoms with E-state index >= 15 is 0 Å². The predicted molar refractivity (Wildman–Crippen MR) is 73.6 cm³/mol. The maximum absolute atomic E-state index is 2.47. The molecule has 96 valence electrons. The lowest BCUT2D eigenvalue weighted by Crippen LogP contribution is -2.26. The van der Waals surface area contributed by atoms with Crippen LogP contribution in [0.3, 0.4) is 0 Å². The molecule has 0 bridgehead atoms. The Balaban J connectivity index is 2.87. The smallest absolute Gasteiger partial charge is 0.0328 e. The minimum absolute atomic E-state index is 0.513. The molecule has 0 heteroatoms. The summed E-state index contributed by atoms with van der Waals surface area (Å²) in [6.45, 7) is 17.2. The van der Waals surface area contributed by atoms with Gasteiger partial charge in [0, 0.05) is 0 Å². The van der Waals surface area contributed by atoms with E-state index in [-0.39, 0.29) is 0 Å².